The van der Waals surface area contributed by atoms with E-state index in [1.807, 2.05) is 51.1 Å². The molecule has 0 spiro atoms. The molecule has 16 heavy (non-hydrogen) atoms. The molecular formula is C14H20O2. The monoisotopic (exact) mass is 220 g/mol. The molecule has 1 rings (SSSR count). The molecule has 1 aromatic carbocycles. The molecule has 0 radical (unpaired) electrons. The Morgan fingerprint density at radius 3 is 2.25 bits per heavy atom. The highest BCUT2D eigenvalue weighted by Gasteiger charge is 2.10. The summed E-state index contributed by atoms with van der Waals surface area (Å²) in [6.45, 7) is 5.97. The predicted octanol–water partition coefficient (Wildman–Crippen LogP) is 3.12. The van der Waals surface area contributed by atoms with E-state index in [-0.39, 0.29) is 12.0 Å². The van der Waals surface area contributed by atoms with E-state index >= 15 is 0 Å². The Labute approximate surface area is 97.6 Å². The molecule has 1 N–H and O–H groups in total. The lowest BCUT2D eigenvalue weighted by molar-refractivity contribution is 0.161. The summed E-state index contributed by atoms with van der Waals surface area (Å²) in [6.07, 6.45) is 1.63. The van der Waals surface area contributed by atoms with Crippen molar-refractivity contribution in [2.75, 3.05) is 7.11 Å². The summed E-state index contributed by atoms with van der Waals surface area (Å²) in [6, 6.07) is 7.80. The average molecular weight is 220 g/mol. The smallest absolute Gasteiger partial charge is 0.118 e. The van der Waals surface area contributed by atoms with Crippen LogP contribution in [0.2, 0.25) is 0 Å². The minimum Gasteiger partial charge on any atom is -0.497 e. The maximum Gasteiger partial charge on any atom is 0.118 e. The van der Waals surface area contributed by atoms with Gasteiger partial charge in [-0.25, -0.2) is 0 Å². The highest BCUT2D eigenvalue weighted by atomic mass is 16.5. The maximum atomic E-state index is 9.86. The molecule has 0 amide bonds. The van der Waals surface area contributed by atoms with Crippen molar-refractivity contribution in [1.29, 1.82) is 0 Å². The molecule has 1 atom stereocenters. The Morgan fingerprint density at radius 1 is 1.25 bits per heavy atom. The van der Waals surface area contributed by atoms with Crippen molar-refractivity contribution in [3.63, 3.8) is 0 Å². The number of rotatable bonds is 4. The Bertz CT molecular complexity index is 350. The van der Waals surface area contributed by atoms with Gasteiger partial charge in [-0.1, -0.05) is 32.1 Å². The van der Waals surface area contributed by atoms with Crippen LogP contribution in [-0.2, 0) is 0 Å². The van der Waals surface area contributed by atoms with Crippen LogP contribution in [-0.4, -0.2) is 18.3 Å². The fourth-order valence-electron chi connectivity index (χ4n) is 1.57. The van der Waals surface area contributed by atoms with Gasteiger partial charge in [-0.15, -0.1) is 0 Å². The van der Waals surface area contributed by atoms with E-state index in [0.29, 0.717) is 0 Å². The highest BCUT2D eigenvalue weighted by molar-refractivity contribution is 5.54. The Hall–Kier alpha value is -1.28. The second-order valence-electron chi connectivity index (χ2n) is 4.35. The van der Waals surface area contributed by atoms with Gasteiger partial charge in [-0.2, -0.15) is 0 Å². The largest absolute Gasteiger partial charge is 0.497 e. The van der Waals surface area contributed by atoms with Crippen LogP contribution >= 0.6 is 0 Å². The van der Waals surface area contributed by atoms with Gasteiger partial charge in [0.15, 0.2) is 0 Å². The van der Waals surface area contributed by atoms with Crippen LogP contribution in [0.5, 0.6) is 5.75 Å². The zero-order valence-corrected chi connectivity index (χ0v) is 10.4. The van der Waals surface area contributed by atoms with Crippen molar-refractivity contribution >= 4 is 6.08 Å². The van der Waals surface area contributed by atoms with E-state index < -0.39 is 0 Å². The number of aliphatic hydroxyl groups excluding tert-OH is 1. The molecule has 2 nitrogen and oxygen atoms in total. The summed E-state index contributed by atoms with van der Waals surface area (Å²) in [7, 11) is 1.65. The molecule has 0 fully saturated rings. The summed E-state index contributed by atoms with van der Waals surface area (Å²) in [5.41, 5.74) is 2.07. The molecule has 0 saturated heterocycles. The molecule has 0 aliphatic heterocycles. The fourth-order valence-corrected chi connectivity index (χ4v) is 1.57. The molecule has 0 aromatic heterocycles. The van der Waals surface area contributed by atoms with Crippen LogP contribution in [0.4, 0.5) is 0 Å². The first-order valence-electron chi connectivity index (χ1n) is 5.55. The molecule has 1 aromatic rings. The lowest BCUT2D eigenvalue weighted by Gasteiger charge is -2.15. The summed E-state index contributed by atoms with van der Waals surface area (Å²) < 4.78 is 5.09. The standard InChI is InChI=1S/C14H20O2/c1-10(2)14(15)11(3)9-12-5-7-13(16-4)8-6-12/h5-10,14-15H,1-4H3/b11-9+/t14-/m1/s1. The number of hydrogen-bond acceptors (Lipinski definition) is 2. The maximum absolute atomic E-state index is 9.86. The van der Waals surface area contributed by atoms with Gasteiger partial charge in [-0.3, -0.25) is 0 Å². The van der Waals surface area contributed by atoms with Crippen LogP contribution in [0.1, 0.15) is 26.3 Å². The van der Waals surface area contributed by atoms with Crippen molar-refractivity contribution in [2.45, 2.75) is 26.9 Å². The summed E-state index contributed by atoms with van der Waals surface area (Å²) >= 11 is 0. The Balaban J connectivity index is 2.81. The van der Waals surface area contributed by atoms with Crippen LogP contribution in [0, 0.1) is 5.92 Å². The van der Waals surface area contributed by atoms with E-state index in [4.69, 9.17) is 4.74 Å². The van der Waals surface area contributed by atoms with Gasteiger partial charge >= 0.3 is 0 Å². The zero-order chi connectivity index (χ0) is 12.1. The van der Waals surface area contributed by atoms with Crippen molar-refractivity contribution < 1.29 is 9.84 Å². The van der Waals surface area contributed by atoms with Crippen LogP contribution in [0.3, 0.4) is 0 Å². The normalized spacial score (nSPS) is 14.0. The molecule has 0 heterocycles. The van der Waals surface area contributed by atoms with Crippen LogP contribution in [0.25, 0.3) is 6.08 Å². The first-order valence-corrected chi connectivity index (χ1v) is 5.55. The first-order chi connectivity index (χ1) is 7.54. The second kappa shape index (κ2) is 5.71. The molecular weight excluding hydrogens is 200 g/mol. The van der Waals surface area contributed by atoms with Gasteiger partial charge in [0.2, 0.25) is 0 Å². The lowest BCUT2D eigenvalue weighted by atomic mass is 9.98. The molecule has 88 valence electrons. The average Bonchev–Trinajstić information content (AvgIpc) is 2.28. The van der Waals surface area contributed by atoms with Crippen LogP contribution in [0.15, 0.2) is 29.8 Å². The third kappa shape index (κ3) is 3.38. The fraction of sp³-hybridized carbons (Fsp3) is 0.429. The zero-order valence-electron chi connectivity index (χ0n) is 10.4. The predicted molar refractivity (Wildman–Crippen MR) is 67.5 cm³/mol. The van der Waals surface area contributed by atoms with Gasteiger partial charge in [-0.05, 0) is 36.1 Å². The van der Waals surface area contributed by atoms with Crippen molar-refractivity contribution in [1.82, 2.24) is 0 Å². The van der Waals surface area contributed by atoms with Gasteiger partial charge in [0.25, 0.3) is 0 Å². The van der Waals surface area contributed by atoms with E-state index in [1.54, 1.807) is 7.11 Å². The molecule has 0 unspecified atom stereocenters. The van der Waals surface area contributed by atoms with E-state index in [2.05, 4.69) is 0 Å². The third-order valence-electron chi connectivity index (χ3n) is 2.61. The topological polar surface area (TPSA) is 29.5 Å². The molecule has 2 heteroatoms. The van der Waals surface area contributed by atoms with Gasteiger partial charge < -0.3 is 9.84 Å². The van der Waals surface area contributed by atoms with Gasteiger partial charge in [0.05, 0.1) is 13.2 Å². The summed E-state index contributed by atoms with van der Waals surface area (Å²) in [4.78, 5) is 0. The minimum absolute atomic E-state index is 0.245. The minimum atomic E-state index is -0.373. The van der Waals surface area contributed by atoms with E-state index in [1.165, 1.54) is 0 Å². The Kier molecular flexibility index (Phi) is 4.56. The SMILES string of the molecule is COc1ccc(/C=C(\C)[C@H](O)C(C)C)cc1. The van der Waals surface area contributed by atoms with Gasteiger partial charge in [0.1, 0.15) is 5.75 Å². The number of ether oxygens (including phenoxy) is 1. The van der Waals surface area contributed by atoms with Crippen molar-refractivity contribution in [3.8, 4) is 5.75 Å². The number of methoxy groups -OCH3 is 1. The van der Waals surface area contributed by atoms with Crippen molar-refractivity contribution in [2.24, 2.45) is 5.92 Å². The molecule has 0 aliphatic carbocycles. The lowest BCUT2D eigenvalue weighted by Crippen LogP contribution is -2.15. The quantitative estimate of drug-likeness (QED) is 0.844. The van der Waals surface area contributed by atoms with Gasteiger partial charge in [0, 0.05) is 0 Å². The molecule has 0 aliphatic rings. The third-order valence-corrected chi connectivity index (χ3v) is 2.61. The second-order valence-corrected chi connectivity index (χ2v) is 4.35. The summed E-state index contributed by atoms with van der Waals surface area (Å²) in [5, 5.41) is 9.86. The number of benzene rings is 1. The van der Waals surface area contributed by atoms with E-state index in [0.717, 1.165) is 16.9 Å². The van der Waals surface area contributed by atoms with E-state index in [9.17, 15) is 5.11 Å². The first kappa shape index (κ1) is 12.8. The molecule has 0 saturated carbocycles. The van der Waals surface area contributed by atoms with Crippen molar-refractivity contribution in [3.05, 3.63) is 35.4 Å². The molecule has 0 bridgehead atoms. The van der Waals surface area contributed by atoms with Crippen LogP contribution < -0.4 is 4.74 Å². The highest BCUT2D eigenvalue weighted by Crippen LogP contribution is 2.17. The number of aliphatic hydroxyl groups is 1. The Morgan fingerprint density at radius 2 is 1.81 bits per heavy atom. The number of hydrogen-bond donors (Lipinski definition) is 1. The summed E-state index contributed by atoms with van der Waals surface area (Å²) in [5.74, 6) is 1.09.